The van der Waals surface area contributed by atoms with E-state index in [4.69, 9.17) is 11.3 Å². The molecule has 0 spiro atoms. The fourth-order valence-electron chi connectivity index (χ4n) is 4.70. The average Bonchev–Trinajstić information content (AvgIpc) is 2.64. The molecular formula is C24H30N2O3. The summed E-state index contributed by atoms with van der Waals surface area (Å²) in [6.07, 6.45) is 2.72. The van der Waals surface area contributed by atoms with Crippen molar-refractivity contribution in [3.63, 3.8) is 0 Å². The van der Waals surface area contributed by atoms with Gasteiger partial charge in [-0.1, -0.05) is 48.9 Å². The number of hydrogen-bond donors (Lipinski definition) is 1. The van der Waals surface area contributed by atoms with E-state index in [-0.39, 0.29) is 11.9 Å². The minimum atomic E-state index is -0.672. The van der Waals surface area contributed by atoms with Crippen molar-refractivity contribution in [3.05, 3.63) is 70.4 Å². The number of amides is 1. The summed E-state index contributed by atoms with van der Waals surface area (Å²) in [5, 5.41) is 11.1. The second-order valence-electron chi connectivity index (χ2n) is 9.62. The molecule has 0 unspecified atom stereocenters. The Kier molecular flexibility index (Phi) is 5.25. The van der Waals surface area contributed by atoms with E-state index >= 15 is 0 Å². The van der Waals surface area contributed by atoms with E-state index in [9.17, 15) is 9.90 Å². The zero-order valence-corrected chi connectivity index (χ0v) is 18.0. The molecule has 5 heteroatoms. The first-order valence-electron chi connectivity index (χ1n) is 10.0. The summed E-state index contributed by atoms with van der Waals surface area (Å²) in [7, 11) is 0. The van der Waals surface area contributed by atoms with Crippen molar-refractivity contribution in [3.8, 4) is 0 Å². The molecule has 3 rings (SSSR count). The molecule has 1 aromatic carbocycles. The maximum absolute atomic E-state index is 12.7. The molecule has 1 aliphatic carbocycles. The van der Waals surface area contributed by atoms with E-state index in [1.807, 2.05) is 64.1 Å². The molecule has 2 aliphatic rings. The third-order valence-electron chi connectivity index (χ3n) is 5.84. The van der Waals surface area contributed by atoms with Crippen LogP contribution in [0.3, 0.4) is 0 Å². The number of carbonyl (C=O) groups is 1. The number of fused-ring (bicyclic) bond motifs is 1. The molecule has 1 aliphatic heterocycles. The van der Waals surface area contributed by atoms with E-state index in [1.54, 1.807) is 4.90 Å². The molecule has 1 aromatic rings. The second kappa shape index (κ2) is 7.26. The summed E-state index contributed by atoms with van der Waals surface area (Å²) >= 11 is 0. The predicted molar refractivity (Wildman–Crippen MR) is 113 cm³/mol. The van der Waals surface area contributed by atoms with Crippen molar-refractivity contribution >= 4 is 6.09 Å². The van der Waals surface area contributed by atoms with Crippen LogP contribution in [0.4, 0.5) is 4.79 Å². The molecule has 0 aromatic heterocycles. The van der Waals surface area contributed by atoms with Gasteiger partial charge >= 0.3 is 6.09 Å². The van der Waals surface area contributed by atoms with E-state index in [0.717, 1.165) is 11.1 Å². The summed E-state index contributed by atoms with van der Waals surface area (Å²) in [6.45, 7) is 18.2. The fourth-order valence-corrected chi connectivity index (χ4v) is 4.70. The number of hydrogen-bond acceptors (Lipinski definition) is 3. The number of benzene rings is 1. The van der Waals surface area contributed by atoms with Crippen molar-refractivity contribution in [2.75, 3.05) is 13.1 Å². The predicted octanol–water partition coefficient (Wildman–Crippen LogP) is 5.51. The fraction of sp³-hybridized carbons (Fsp3) is 0.500. The van der Waals surface area contributed by atoms with Crippen LogP contribution < -0.4 is 0 Å². The number of rotatable bonds is 2. The Balaban J connectivity index is 2.00. The highest BCUT2D eigenvalue weighted by Gasteiger charge is 2.51. The molecular weight excluding hydrogens is 364 g/mol. The highest BCUT2D eigenvalue weighted by molar-refractivity contribution is 5.69. The molecule has 1 amide bonds. The smallest absolute Gasteiger partial charge is 0.410 e. The Morgan fingerprint density at radius 2 is 1.93 bits per heavy atom. The Morgan fingerprint density at radius 1 is 1.28 bits per heavy atom. The van der Waals surface area contributed by atoms with Gasteiger partial charge in [-0.15, -0.1) is 0 Å². The third-order valence-corrected chi connectivity index (χ3v) is 5.84. The standard InChI is InChI=1S/C24H30N2O3/c1-22(2,3)29-21(28)26-13-12-19-23(4,16-26)15-18(25-6)20(27)24(19,5)14-17-10-8-7-9-11-17/h7-12,27H,13-16H2,1-5H3/t23-,24+/m0/s1. The molecule has 0 radical (unpaired) electrons. The van der Waals surface area contributed by atoms with Crippen LogP contribution in [-0.2, 0) is 11.2 Å². The topological polar surface area (TPSA) is 54.1 Å². The lowest BCUT2D eigenvalue weighted by atomic mass is 9.58. The van der Waals surface area contributed by atoms with Gasteiger partial charge in [-0.25, -0.2) is 9.64 Å². The number of ether oxygens (including phenoxy) is 1. The lowest BCUT2D eigenvalue weighted by molar-refractivity contribution is 0.0163. The van der Waals surface area contributed by atoms with E-state index in [0.29, 0.717) is 31.6 Å². The Morgan fingerprint density at radius 3 is 2.52 bits per heavy atom. The normalized spacial score (nSPS) is 27.0. The van der Waals surface area contributed by atoms with Gasteiger partial charge in [0, 0.05) is 23.9 Å². The van der Waals surface area contributed by atoms with Crippen molar-refractivity contribution in [2.45, 2.75) is 53.1 Å². The third kappa shape index (κ3) is 4.03. The minimum Gasteiger partial charge on any atom is -0.523 e. The van der Waals surface area contributed by atoms with E-state index < -0.39 is 16.4 Å². The highest BCUT2D eigenvalue weighted by Crippen LogP contribution is 2.55. The zero-order chi connectivity index (χ0) is 21.4. The maximum atomic E-state index is 12.7. The molecule has 154 valence electrons. The quantitative estimate of drug-likeness (QED) is 0.531. The van der Waals surface area contributed by atoms with Crippen LogP contribution in [0.2, 0.25) is 0 Å². The monoisotopic (exact) mass is 394 g/mol. The van der Waals surface area contributed by atoms with Gasteiger partial charge in [0.1, 0.15) is 11.4 Å². The van der Waals surface area contributed by atoms with Crippen LogP contribution in [0.15, 0.2) is 53.4 Å². The Labute approximate surface area is 173 Å². The Hall–Kier alpha value is -2.74. The molecule has 2 atom stereocenters. The molecule has 1 N–H and O–H groups in total. The molecule has 29 heavy (non-hydrogen) atoms. The molecule has 0 saturated carbocycles. The van der Waals surface area contributed by atoms with Crippen molar-refractivity contribution < 1.29 is 14.6 Å². The number of aliphatic hydroxyl groups excluding tert-OH is 1. The van der Waals surface area contributed by atoms with Crippen molar-refractivity contribution in [1.29, 1.82) is 0 Å². The zero-order valence-electron chi connectivity index (χ0n) is 18.0. The average molecular weight is 395 g/mol. The number of nitrogens with zero attached hydrogens (tertiary/aromatic N) is 2. The van der Waals surface area contributed by atoms with Crippen LogP contribution in [0, 0.1) is 17.4 Å². The van der Waals surface area contributed by atoms with Gasteiger partial charge < -0.3 is 14.7 Å². The van der Waals surface area contributed by atoms with Gasteiger partial charge in [0.15, 0.2) is 0 Å². The number of allylic oxidation sites excluding steroid dienone is 2. The summed E-state index contributed by atoms with van der Waals surface area (Å²) in [5.41, 5.74) is 0.924. The Bertz CT molecular complexity index is 904. The van der Waals surface area contributed by atoms with E-state index in [2.05, 4.69) is 11.8 Å². The molecule has 0 bridgehead atoms. The SMILES string of the molecule is [C-]#[N+]C1=C(O)[C@](C)(Cc2ccccc2)C2=CCN(C(=O)OC(C)(C)C)C[C@]2(C)C1. The van der Waals surface area contributed by atoms with Gasteiger partial charge in [-0.2, -0.15) is 0 Å². The van der Waals surface area contributed by atoms with Gasteiger partial charge in [0.25, 0.3) is 0 Å². The molecule has 0 fully saturated rings. The van der Waals surface area contributed by atoms with E-state index in [1.165, 1.54) is 0 Å². The summed E-state index contributed by atoms with van der Waals surface area (Å²) < 4.78 is 5.56. The van der Waals surface area contributed by atoms with Crippen LogP contribution >= 0.6 is 0 Å². The lowest BCUT2D eigenvalue weighted by Crippen LogP contribution is -2.51. The molecule has 0 saturated heterocycles. The van der Waals surface area contributed by atoms with Gasteiger partial charge in [0.2, 0.25) is 5.70 Å². The van der Waals surface area contributed by atoms with Gasteiger partial charge in [-0.3, -0.25) is 0 Å². The van der Waals surface area contributed by atoms with Crippen LogP contribution in [-0.4, -0.2) is 34.8 Å². The van der Waals surface area contributed by atoms with Crippen LogP contribution in [0.25, 0.3) is 4.85 Å². The van der Waals surface area contributed by atoms with Crippen LogP contribution in [0.1, 0.15) is 46.6 Å². The van der Waals surface area contributed by atoms with Gasteiger partial charge in [-0.05, 0) is 46.1 Å². The summed E-state index contributed by atoms with van der Waals surface area (Å²) in [6, 6.07) is 10.0. The summed E-state index contributed by atoms with van der Waals surface area (Å²) in [5.74, 6) is 0.158. The minimum absolute atomic E-state index is 0.158. The molecule has 1 heterocycles. The number of carbonyl (C=O) groups excluding carboxylic acids is 1. The van der Waals surface area contributed by atoms with Gasteiger partial charge in [0.05, 0.1) is 6.57 Å². The summed E-state index contributed by atoms with van der Waals surface area (Å²) in [4.78, 5) is 18.0. The highest BCUT2D eigenvalue weighted by atomic mass is 16.6. The largest absolute Gasteiger partial charge is 0.523 e. The lowest BCUT2D eigenvalue weighted by Gasteiger charge is -2.51. The van der Waals surface area contributed by atoms with Crippen molar-refractivity contribution in [1.82, 2.24) is 4.90 Å². The first-order valence-corrected chi connectivity index (χ1v) is 10.0. The van der Waals surface area contributed by atoms with Crippen LogP contribution in [0.5, 0.6) is 0 Å². The molecule has 5 nitrogen and oxygen atoms in total. The number of aliphatic hydroxyl groups is 1. The first kappa shape index (κ1) is 21.0. The first-order chi connectivity index (χ1) is 13.5. The second-order valence-corrected chi connectivity index (χ2v) is 9.62. The van der Waals surface area contributed by atoms with Crippen molar-refractivity contribution in [2.24, 2.45) is 10.8 Å². The maximum Gasteiger partial charge on any atom is 0.410 e.